The van der Waals surface area contributed by atoms with Gasteiger partial charge >= 0.3 is 6.09 Å². The number of amides is 1. The topological polar surface area (TPSA) is 38.3 Å². The van der Waals surface area contributed by atoms with Crippen LogP contribution in [0.1, 0.15) is 36.5 Å². The van der Waals surface area contributed by atoms with E-state index in [-0.39, 0.29) is 0 Å². The van der Waals surface area contributed by atoms with E-state index in [0.29, 0.717) is 17.4 Å². The smallest absolute Gasteiger partial charge is 0.410 e. The minimum absolute atomic E-state index is 0.440. The van der Waals surface area contributed by atoms with E-state index >= 15 is 0 Å². The molecular formula is C22H23NO2. The Bertz CT molecular complexity index is 914. The second-order valence-corrected chi connectivity index (χ2v) is 6.67. The molecule has 0 heterocycles. The van der Waals surface area contributed by atoms with Crippen LogP contribution in [-0.4, -0.2) is 6.09 Å². The molecule has 0 bridgehead atoms. The second kappa shape index (κ2) is 6.98. The number of carbonyl (C=O) groups is 1. The molecule has 0 aliphatic carbocycles. The summed E-state index contributed by atoms with van der Waals surface area (Å²) in [5, 5.41) is 5.10. The number of fused-ring (bicyclic) bond motifs is 1. The zero-order valence-corrected chi connectivity index (χ0v) is 15.1. The first-order valence-corrected chi connectivity index (χ1v) is 8.53. The first kappa shape index (κ1) is 17.0. The van der Waals surface area contributed by atoms with Crippen LogP contribution in [0.25, 0.3) is 10.8 Å². The molecule has 128 valence electrons. The van der Waals surface area contributed by atoms with Gasteiger partial charge in [-0.1, -0.05) is 44.2 Å². The fourth-order valence-corrected chi connectivity index (χ4v) is 3.03. The van der Waals surface area contributed by atoms with Crippen LogP contribution in [0.5, 0.6) is 5.75 Å². The van der Waals surface area contributed by atoms with Gasteiger partial charge in [-0.25, -0.2) is 4.79 Å². The summed E-state index contributed by atoms with van der Waals surface area (Å²) in [5.41, 5.74) is 4.14. The number of carbonyl (C=O) groups excluding carboxylic acids is 1. The Hall–Kier alpha value is -2.81. The van der Waals surface area contributed by atoms with E-state index in [1.54, 1.807) is 0 Å². The Kier molecular flexibility index (Phi) is 4.75. The van der Waals surface area contributed by atoms with E-state index in [2.05, 4.69) is 44.3 Å². The highest BCUT2D eigenvalue weighted by Gasteiger charge is 2.13. The first-order chi connectivity index (χ1) is 12.0. The van der Waals surface area contributed by atoms with Crippen LogP contribution in [0, 0.1) is 13.8 Å². The van der Waals surface area contributed by atoms with Gasteiger partial charge in [-0.15, -0.1) is 0 Å². The monoisotopic (exact) mass is 333 g/mol. The maximum atomic E-state index is 12.2. The van der Waals surface area contributed by atoms with Crippen molar-refractivity contribution < 1.29 is 9.53 Å². The minimum Gasteiger partial charge on any atom is -0.410 e. The van der Waals surface area contributed by atoms with E-state index in [1.165, 1.54) is 16.5 Å². The summed E-state index contributed by atoms with van der Waals surface area (Å²) in [7, 11) is 0. The zero-order valence-electron chi connectivity index (χ0n) is 15.1. The average Bonchev–Trinajstić information content (AvgIpc) is 2.57. The van der Waals surface area contributed by atoms with Gasteiger partial charge in [-0.05, 0) is 71.5 Å². The highest BCUT2D eigenvalue weighted by Crippen LogP contribution is 2.33. The first-order valence-electron chi connectivity index (χ1n) is 8.53. The number of hydrogen-bond donors (Lipinski definition) is 1. The van der Waals surface area contributed by atoms with Crippen molar-refractivity contribution in [2.75, 3.05) is 5.32 Å². The Morgan fingerprint density at radius 1 is 0.920 bits per heavy atom. The molecule has 3 heteroatoms. The number of ether oxygens (including phenoxy) is 1. The van der Waals surface area contributed by atoms with E-state index in [1.807, 2.05) is 43.3 Å². The van der Waals surface area contributed by atoms with Crippen LogP contribution in [0.15, 0.2) is 54.6 Å². The fourth-order valence-electron chi connectivity index (χ4n) is 3.03. The Morgan fingerprint density at radius 3 is 2.32 bits per heavy atom. The molecule has 1 amide bonds. The molecule has 3 rings (SSSR count). The molecular weight excluding hydrogens is 310 g/mol. The molecule has 3 aromatic carbocycles. The van der Waals surface area contributed by atoms with Crippen LogP contribution in [0.4, 0.5) is 10.5 Å². The van der Waals surface area contributed by atoms with Gasteiger partial charge in [0.1, 0.15) is 5.75 Å². The largest absolute Gasteiger partial charge is 0.417 e. The lowest BCUT2D eigenvalue weighted by Gasteiger charge is -2.15. The lowest BCUT2D eigenvalue weighted by molar-refractivity contribution is 0.215. The molecule has 0 fully saturated rings. The van der Waals surface area contributed by atoms with Crippen LogP contribution < -0.4 is 10.1 Å². The fraction of sp³-hybridized carbons (Fsp3) is 0.227. The van der Waals surface area contributed by atoms with Crippen molar-refractivity contribution in [3.8, 4) is 5.75 Å². The molecule has 0 spiro atoms. The third-order valence-electron chi connectivity index (χ3n) is 4.41. The van der Waals surface area contributed by atoms with Crippen molar-refractivity contribution >= 4 is 22.6 Å². The third-order valence-corrected chi connectivity index (χ3v) is 4.41. The molecule has 1 N–H and O–H groups in total. The Balaban J connectivity index is 1.93. The molecule has 3 nitrogen and oxygen atoms in total. The van der Waals surface area contributed by atoms with Crippen molar-refractivity contribution in [1.29, 1.82) is 0 Å². The number of anilines is 1. The van der Waals surface area contributed by atoms with Gasteiger partial charge < -0.3 is 4.74 Å². The molecule has 0 aliphatic heterocycles. The van der Waals surface area contributed by atoms with E-state index < -0.39 is 6.09 Å². The molecule has 0 unspecified atom stereocenters. The van der Waals surface area contributed by atoms with Crippen LogP contribution in [0.3, 0.4) is 0 Å². The highest BCUT2D eigenvalue weighted by atomic mass is 16.6. The quantitative estimate of drug-likeness (QED) is 0.620. The van der Waals surface area contributed by atoms with Crippen molar-refractivity contribution in [1.82, 2.24) is 0 Å². The van der Waals surface area contributed by atoms with Crippen molar-refractivity contribution in [2.45, 2.75) is 33.6 Å². The molecule has 0 radical (unpaired) electrons. The van der Waals surface area contributed by atoms with Crippen molar-refractivity contribution in [2.24, 2.45) is 0 Å². The number of hydrogen-bond acceptors (Lipinski definition) is 2. The Morgan fingerprint density at radius 2 is 1.64 bits per heavy atom. The molecule has 25 heavy (non-hydrogen) atoms. The number of benzene rings is 3. The van der Waals surface area contributed by atoms with Crippen LogP contribution in [0.2, 0.25) is 0 Å². The number of nitrogens with one attached hydrogen (secondary N) is 1. The summed E-state index contributed by atoms with van der Waals surface area (Å²) >= 11 is 0. The van der Waals surface area contributed by atoms with Gasteiger partial charge in [0, 0.05) is 5.69 Å². The lowest BCUT2D eigenvalue weighted by atomic mass is 9.92. The van der Waals surface area contributed by atoms with Crippen molar-refractivity contribution in [3.63, 3.8) is 0 Å². The molecule has 0 saturated carbocycles. The predicted octanol–water partition coefficient (Wildman–Crippen LogP) is 6.19. The van der Waals surface area contributed by atoms with Gasteiger partial charge in [0.05, 0.1) is 0 Å². The molecule has 3 aromatic rings. The highest BCUT2D eigenvalue weighted by molar-refractivity contribution is 5.92. The van der Waals surface area contributed by atoms with Crippen LogP contribution in [-0.2, 0) is 0 Å². The van der Waals surface area contributed by atoms with Gasteiger partial charge in [0.15, 0.2) is 0 Å². The summed E-state index contributed by atoms with van der Waals surface area (Å²) in [5.74, 6) is 1.03. The maximum Gasteiger partial charge on any atom is 0.417 e. The summed E-state index contributed by atoms with van der Waals surface area (Å²) in [6.07, 6.45) is -0.480. The molecule has 0 aliphatic rings. The Labute approximate surface area is 148 Å². The van der Waals surface area contributed by atoms with E-state index in [9.17, 15) is 4.79 Å². The second-order valence-electron chi connectivity index (χ2n) is 6.67. The average molecular weight is 333 g/mol. The molecule has 0 saturated heterocycles. The maximum absolute atomic E-state index is 12.2. The number of aryl methyl sites for hydroxylation is 2. The lowest BCUT2D eigenvalue weighted by Crippen LogP contribution is -2.17. The third kappa shape index (κ3) is 3.66. The van der Waals surface area contributed by atoms with Gasteiger partial charge in [0.25, 0.3) is 0 Å². The zero-order chi connectivity index (χ0) is 18.0. The predicted molar refractivity (Wildman–Crippen MR) is 104 cm³/mol. The minimum atomic E-state index is -0.480. The number of para-hydroxylation sites is 1. The molecule has 0 atom stereocenters. The van der Waals surface area contributed by atoms with Gasteiger partial charge in [-0.2, -0.15) is 0 Å². The summed E-state index contributed by atoms with van der Waals surface area (Å²) < 4.78 is 5.56. The SMILES string of the molecule is Cc1cc2c(C(C)C)ccc(C)c2cc1OC(=O)Nc1ccccc1. The normalized spacial score (nSPS) is 10.9. The summed E-state index contributed by atoms with van der Waals surface area (Å²) in [6.45, 7) is 8.43. The van der Waals surface area contributed by atoms with Gasteiger partial charge in [0.2, 0.25) is 0 Å². The van der Waals surface area contributed by atoms with E-state index in [4.69, 9.17) is 4.74 Å². The number of rotatable bonds is 3. The van der Waals surface area contributed by atoms with E-state index in [0.717, 1.165) is 10.9 Å². The van der Waals surface area contributed by atoms with Crippen LogP contribution >= 0.6 is 0 Å². The summed E-state index contributed by atoms with van der Waals surface area (Å²) in [4.78, 5) is 12.2. The van der Waals surface area contributed by atoms with Crippen molar-refractivity contribution in [3.05, 3.63) is 71.3 Å². The van der Waals surface area contributed by atoms with Gasteiger partial charge in [-0.3, -0.25) is 5.32 Å². The standard InChI is InChI=1S/C22H23NO2/c1-14(2)18-11-10-15(3)19-13-21(16(4)12-20(18)19)25-22(24)23-17-8-6-5-7-9-17/h5-14H,1-4H3,(H,23,24). The summed E-state index contributed by atoms with van der Waals surface area (Å²) in [6, 6.07) is 17.7. The molecule has 0 aromatic heterocycles.